The molecular weight excluding hydrogens is 751 g/mol. The molecule has 11 N–H and O–H groups in total. The van der Waals surface area contributed by atoms with E-state index in [1.807, 2.05) is 98.0 Å². The van der Waals surface area contributed by atoms with E-state index < -0.39 is 47.8 Å². The van der Waals surface area contributed by atoms with Gasteiger partial charge < -0.3 is 42.3 Å². The van der Waals surface area contributed by atoms with Crippen LogP contribution in [0.25, 0.3) is 10.9 Å². The number of urea groups is 1. The molecule has 16 nitrogen and oxygen atoms in total. The van der Waals surface area contributed by atoms with Gasteiger partial charge in [0.25, 0.3) is 0 Å². The second kappa shape index (κ2) is 22.4. The van der Waals surface area contributed by atoms with Crippen LogP contribution in [0, 0.1) is 0 Å². The number of fused-ring (bicyclic) bond motifs is 1. The average Bonchev–Trinajstić information content (AvgIpc) is 3.91. The van der Waals surface area contributed by atoms with Crippen LogP contribution in [-0.2, 0) is 38.4 Å². The van der Waals surface area contributed by atoms with Crippen molar-refractivity contribution < 1.29 is 24.0 Å². The first-order chi connectivity index (χ1) is 28.6. The van der Waals surface area contributed by atoms with E-state index in [0.717, 1.165) is 27.6 Å². The zero-order chi connectivity index (χ0) is 42.0. The van der Waals surface area contributed by atoms with Crippen molar-refractivity contribution in [2.45, 2.75) is 82.6 Å². The molecule has 2 aromatic heterocycles. The number of carbonyl (C=O) groups excluding carboxylic acids is 5. The highest BCUT2D eigenvalue weighted by atomic mass is 16.2. The number of imidazole rings is 1. The maximum atomic E-state index is 14.2. The van der Waals surface area contributed by atoms with E-state index in [1.54, 1.807) is 6.20 Å². The Hall–Kier alpha value is -6.52. The number of nitrogens with zero attached hydrogens (tertiary/aromatic N) is 1. The zero-order valence-electron chi connectivity index (χ0n) is 33.4. The van der Waals surface area contributed by atoms with E-state index in [1.165, 1.54) is 13.3 Å². The largest absolute Gasteiger partial charge is 0.361 e. The van der Waals surface area contributed by atoms with Crippen LogP contribution in [0.3, 0.4) is 0 Å². The highest BCUT2D eigenvalue weighted by molar-refractivity contribution is 5.94. The van der Waals surface area contributed by atoms with Crippen LogP contribution in [-0.4, -0.2) is 81.9 Å². The van der Waals surface area contributed by atoms with Crippen molar-refractivity contribution in [1.82, 2.24) is 52.4 Å². The van der Waals surface area contributed by atoms with Crippen molar-refractivity contribution in [1.29, 1.82) is 0 Å². The second-order valence-electron chi connectivity index (χ2n) is 14.5. The van der Waals surface area contributed by atoms with Crippen molar-refractivity contribution in [3.05, 3.63) is 126 Å². The number of H-pyrrole nitrogens is 2. The van der Waals surface area contributed by atoms with Gasteiger partial charge in [-0.1, -0.05) is 78.9 Å². The predicted molar refractivity (Wildman–Crippen MR) is 225 cm³/mol. The number of carbonyl (C=O) groups is 5. The highest BCUT2D eigenvalue weighted by Gasteiger charge is 2.31. The molecule has 0 radical (unpaired) electrons. The summed E-state index contributed by atoms with van der Waals surface area (Å²) in [6.45, 7) is 3.75. The Balaban J connectivity index is 1.26. The van der Waals surface area contributed by atoms with Gasteiger partial charge in [-0.15, -0.1) is 0 Å². The number of benzene rings is 3. The van der Waals surface area contributed by atoms with Crippen molar-refractivity contribution >= 4 is 40.6 Å². The van der Waals surface area contributed by atoms with Gasteiger partial charge in [-0.25, -0.2) is 15.2 Å². The Bertz CT molecular complexity index is 2090. The number of hydrogen-bond acceptors (Lipinski definition) is 8. The lowest BCUT2D eigenvalue weighted by Crippen LogP contribution is -2.58. The quantitative estimate of drug-likeness (QED) is 0.0368. The van der Waals surface area contributed by atoms with E-state index in [-0.39, 0.29) is 37.9 Å². The lowest BCUT2D eigenvalue weighted by atomic mass is 10.0. The number of amides is 6. The minimum absolute atomic E-state index is 0.115. The van der Waals surface area contributed by atoms with Gasteiger partial charge in [0.2, 0.25) is 23.6 Å². The van der Waals surface area contributed by atoms with Crippen LogP contribution in [0.15, 0.2) is 104 Å². The molecule has 0 saturated heterocycles. The number of nitrogens with two attached hydrogens (primary N) is 1. The molecule has 5 atom stereocenters. The SMILES string of the molecule is CC(=O)N[C@@H](Cc1cnc[nH]1)C(=O)N[C@H](Cc1ccccc1)C(=O)N[C@@H](CCCCNNC(=O)N[C@H](C)c1ccccc1)C(=O)N[C@H](CN)Cc1c[nH]c2ccccc12. The van der Waals surface area contributed by atoms with E-state index >= 15 is 0 Å². The third-order valence-electron chi connectivity index (χ3n) is 9.89. The molecule has 0 aliphatic rings. The van der Waals surface area contributed by atoms with Crippen LogP contribution < -0.4 is 43.2 Å². The number of nitrogens with one attached hydrogen (secondary N) is 9. The molecule has 5 aromatic rings. The Morgan fingerprint density at radius 2 is 1.37 bits per heavy atom. The van der Waals surface area contributed by atoms with Gasteiger partial charge in [0.15, 0.2) is 0 Å². The van der Waals surface area contributed by atoms with Crippen molar-refractivity contribution in [3.8, 4) is 0 Å². The molecular formula is C43H55N11O5. The molecule has 0 bridgehead atoms. The summed E-state index contributed by atoms with van der Waals surface area (Å²) in [6, 6.07) is 22.5. The molecule has 0 aliphatic heterocycles. The zero-order valence-corrected chi connectivity index (χ0v) is 33.4. The van der Waals surface area contributed by atoms with Gasteiger partial charge in [0, 0.05) is 67.9 Å². The van der Waals surface area contributed by atoms with Gasteiger partial charge in [-0.3, -0.25) is 24.6 Å². The Morgan fingerprint density at radius 3 is 2.07 bits per heavy atom. The molecule has 0 fully saturated rings. The average molecular weight is 806 g/mol. The fourth-order valence-electron chi connectivity index (χ4n) is 6.77. The lowest BCUT2D eigenvalue weighted by Gasteiger charge is -2.26. The van der Waals surface area contributed by atoms with Crippen LogP contribution in [0.1, 0.15) is 61.5 Å². The lowest BCUT2D eigenvalue weighted by molar-refractivity contribution is -0.133. The van der Waals surface area contributed by atoms with Crippen molar-refractivity contribution in [2.75, 3.05) is 13.1 Å². The summed E-state index contributed by atoms with van der Waals surface area (Å²) in [5.41, 5.74) is 16.1. The van der Waals surface area contributed by atoms with Gasteiger partial charge in [-0.2, -0.15) is 0 Å². The smallest absolute Gasteiger partial charge is 0.329 e. The minimum atomic E-state index is -1.10. The summed E-state index contributed by atoms with van der Waals surface area (Å²) in [7, 11) is 0. The molecule has 2 heterocycles. The topological polar surface area (TPSA) is 240 Å². The summed E-state index contributed by atoms with van der Waals surface area (Å²) in [5.74, 6) is -1.99. The summed E-state index contributed by atoms with van der Waals surface area (Å²) in [6.07, 6.45) is 6.93. The molecule has 16 heteroatoms. The normalized spacial score (nSPS) is 13.6. The van der Waals surface area contributed by atoms with Crippen LogP contribution in [0.2, 0.25) is 0 Å². The van der Waals surface area contributed by atoms with E-state index in [2.05, 4.69) is 52.4 Å². The first-order valence-electron chi connectivity index (χ1n) is 19.9. The molecule has 0 aliphatic carbocycles. The summed E-state index contributed by atoms with van der Waals surface area (Å²) < 4.78 is 0. The third-order valence-corrected chi connectivity index (χ3v) is 9.89. The third kappa shape index (κ3) is 13.8. The molecule has 3 aromatic carbocycles. The van der Waals surface area contributed by atoms with Gasteiger partial charge in [0.05, 0.1) is 12.4 Å². The second-order valence-corrected chi connectivity index (χ2v) is 14.5. The summed E-state index contributed by atoms with van der Waals surface area (Å²) in [5, 5.41) is 15.4. The molecule has 59 heavy (non-hydrogen) atoms. The summed E-state index contributed by atoms with van der Waals surface area (Å²) >= 11 is 0. The summed E-state index contributed by atoms with van der Waals surface area (Å²) in [4.78, 5) is 76.8. The molecule has 0 spiro atoms. The maximum Gasteiger partial charge on any atom is 0.329 e. The fourth-order valence-corrected chi connectivity index (χ4v) is 6.77. The van der Waals surface area contributed by atoms with E-state index in [0.29, 0.717) is 31.5 Å². The predicted octanol–water partition coefficient (Wildman–Crippen LogP) is 2.57. The number of aromatic nitrogens is 3. The molecule has 5 rings (SSSR count). The first-order valence-corrected chi connectivity index (χ1v) is 19.9. The minimum Gasteiger partial charge on any atom is -0.361 e. The number of rotatable bonds is 22. The standard InChI is InChI=1S/C43H55N11O5/c1-28(31-15-7-4-8-16-31)49-43(59)54-48-20-12-11-19-37(40(56)51-33(24-44)22-32-25-46-36-18-10-9-17-35(32)36)52-41(57)38(21-30-13-5-3-6-14-30)53-42(58)39(50-29(2)55)23-34-26-45-27-47-34/h3-10,13-18,25-28,33,37-39,46,48H,11-12,19-24,44H2,1-2H3,(H,45,47)(H,50,55)(H,51,56)(H,52,57)(H,53,58)(H2,49,54,59)/t28-,33+,37+,38-,39+/m1/s1. The van der Waals surface area contributed by atoms with E-state index in [4.69, 9.17) is 5.73 Å². The number of hydrogen-bond donors (Lipinski definition) is 10. The maximum absolute atomic E-state index is 14.2. The Labute approximate surface area is 343 Å². The molecule has 6 amide bonds. The van der Waals surface area contributed by atoms with Crippen molar-refractivity contribution in [3.63, 3.8) is 0 Å². The van der Waals surface area contributed by atoms with Crippen LogP contribution in [0.5, 0.6) is 0 Å². The monoisotopic (exact) mass is 805 g/mol. The highest BCUT2D eigenvalue weighted by Crippen LogP contribution is 2.19. The molecule has 0 unspecified atom stereocenters. The number of aromatic amines is 2. The fraction of sp³-hybridized carbons (Fsp3) is 0.349. The molecule has 312 valence electrons. The Kier molecular flexibility index (Phi) is 16.6. The number of hydrazine groups is 1. The van der Waals surface area contributed by atoms with Gasteiger partial charge in [0.1, 0.15) is 18.1 Å². The van der Waals surface area contributed by atoms with Gasteiger partial charge >= 0.3 is 6.03 Å². The van der Waals surface area contributed by atoms with Crippen LogP contribution in [0.4, 0.5) is 4.79 Å². The van der Waals surface area contributed by atoms with Gasteiger partial charge in [-0.05, 0) is 55.4 Å². The molecule has 0 saturated carbocycles. The van der Waals surface area contributed by atoms with E-state index in [9.17, 15) is 24.0 Å². The number of para-hydroxylation sites is 1. The Morgan fingerprint density at radius 1 is 0.712 bits per heavy atom. The first kappa shape index (κ1) is 43.6. The van der Waals surface area contributed by atoms with Crippen molar-refractivity contribution in [2.24, 2.45) is 5.73 Å². The van der Waals surface area contributed by atoms with Crippen LogP contribution >= 0.6 is 0 Å². The number of unbranched alkanes of at least 4 members (excludes halogenated alkanes) is 1.